The molecule has 4 heteroatoms. The minimum absolute atomic E-state index is 0.129. The molecule has 0 aliphatic carbocycles. The molecule has 2 saturated heterocycles. The minimum Gasteiger partial charge on any atom is -0.316 e. The summed E-state index contributed by atoms with van der Waals surface area (Å²) in [6, 6.07) is 28.1. The first kappa shape index (κ1) is 37.7. The standard InChI is InChI=1S/C44H66N2P2/c1-41(2,3)48(42(4,5)6)32-34-28-40(44(9,10)36-21-15-12-16-22-36)39(43(7,8)35-19-13-11-14-20-35)27-33(34)31-47(37-23-17-25-45-29-37)38-24-18-26-46-30-38/h11-16,19-22,27-28,37-38,45-46H,17-18,23-26,29-32H2,1-10H3. The van der Waals surface area contributed by atoms with Gasteiger partial charge < -0.3 is 10.6 Å². The summed E-state index contributed by atoms with van der Waals surface area (Å²) >= 11 is 0. The SMILES string of the molecule is CC(C)(c1ccccc1)c1cc(CP(C2CCCNC2)C2CCCNC2)c(CP(C(C)(C)C)C(C)(C)C)cc1C(C)(C)c1ccccc1. The second-order valence-electron chi connectivity index (χ2n) is 17.7. The van der Waals surface area contributed by atoms with Crippen LogP contribution in [0.2, 0.25) is 0 Å². The van der Waals surface area contributed by atoms with Gasteiger partial charge in [0.15, 0.2) is 0 Å². The molecule has 0 bridgehead atoms. The van der Waals surface area contributed by atoms with Gasteiger partial charge in [-0.3, -0.25) is 0 Å². The molecule has 2 aliphatic heterocycles. The molecular formula is C44H66N2P2. The van der Waals surface area contributed by atoms with Gasteiger partial charge in [0.2, 0.25) is 0 Å². The Morgan fingerprint density at radius 1 is 0.562 bits per heavy atom. The molecule has 262 valence electrons. The van der Waals surface area contributed by atoms with Crippen LogP contribution in [-0.4, -0.2) is 47.8 Å². The molecule has 3 aromatic rings. The minimum atomic E-state index is -0.291. The third-order valence-electron chi connectivity index (χ3n) is 11.5. The lowest BCUT2D eigenvalue weighted by Crippen LogP contribution is -2.39. The third-order valence-corrected chi connectivity index (χ3v) is 18.8. The fourth-order valence-corrected chi connectivity index (χ4v) is 15.8. The van der Waals surface area contributed by atoms with Crippen LogP contribution in [-0.2, 0) is 23.2 Å². The average molecular weight is 685 g/mol. The maximum atomic E-state index is 3.83. The first-order chi connectivity index (χ1) is 22.6. The molecular weight excluding hydrogens is 618 g/mol. The van der Waals surface area contributed by atoms with E-state index in [0.29, 0.717) is 0 Å². The molecule has 2 N–H and O–H groups in total. The molecule has 2 nitrogen and oxygen atoms in total. The van der Waals surface area contributed by atoms with Gasteiger partial charge in [-0.1, -0.05) is 158 Å². The Kier molecular flexibility index (Phi) is 12.1. The van der Waals surface area contributed by atoms with Gasteiger partial charge in [-0.2, -0.15) is 0 Å². The van der Waals surface area contributed by atoms with Crippen LogP contribution in [0.5, 0.6) is 0 Å². The maximum Gasteiger partial charge on any atom is 0.0149 e. The summed E-state index contributed by atoms with van der Waals surface area (Å²) in [6.45, 7) is 29.7. The highest BCUT2D eigenvalue weighted by molar-refractivity contribution is 7.60. The summed E-state index contributed by atoms with van der Waals surface area (Å²) in [4.78, 5) is 0. The highest BCUT2D eigenvalue weighted by atomic mass is 31.1. The van der Waals surface area contributed by atoms with E-state index >= 15 is 0 Å². The Morgan fingerprint density at radius 2 is 0.958 bits per heavy atom. The lowest BCUT2D eigenvalue weighted by Gasteiger charge is -2.44. The fourth-order valence-electron chi connectivity index (χ4n) is 8.68. The second kappa shape index (κ2) is 15.4. The third kappa shape index (κ3) is 8.65. The lowest BCUT2D eigenvalue weighted by molar-refractivity contribution is 0.500. The summed E-state index contributed by atoms with van der Waals surface area (Å²) in [5.74, 6) is 0. The van der Waals surface area contributed by atoms with E-state index in [1.165, 1.54) is 86.4 Å². The topological polar surface area (TPSA) is 24.1 Å². The monoisotopic (exact) mass is 684 g/mol. The molecule has 2 unspecified atom stereocenters. The number of benzene rings is 3. The van der Waals surface area contributed by atoms with E-state index in [1.807, 2.05) is 0 Å². The molecule has 2 heterocycles. The Labute approximate surface area is 297 Å². The summed E-state index contributed by atoms with van der Waals surface area (Å²) < 4.78 is 0. The zero-order valence-electron chi connectivity index (χ0n) is 32.0. The maximum absolute atomic E-state index is 3.83. The molecule has 5 rings (SSSR count). The number of hydrogen-bond donors (Lipinski definition) is 2. The van der Waals surface area contributed by atoms with Crippen molar-refractivity contribution < 1.29 is 0 Å². The molecule has 2 atom stereocenters. The van der Waals surface area contributed by atoms with Gasteiger partial charge in [-0.05, 0) is 106 Å². The van der Waals surface area contributed by atoms with E-state index in [-0.39, 0.29) is 37.0 Å². The highest BCUT2D eigenvalue weighted by Gasteiger charge is 2.39. The van der Waals surface area contributed by atoms with E-state index < -0.39 is 0 Å². The van der Waals surface area contributed by atoms with Gasteiger partial charge in [0, 0.05) is 23.9 Å². The molecule has 0 saturated carbocycles. The quantitative estimate of drug-likeness (QED) is 0.208. The van der Waals surface area contributed by atoms with Gasteiger partial charge in [-0.15, -0.1) is 0 Å². The van der Waals surface area contributed by atoms with E-state index in [4.69, 9.17) is 0 Å². The van der Waals surface area contributed by atoms with Crippen molar-refractivity contribution in [2.24, 2.45) is 0 Å². The second-order valence-corrected chi connectivity index (χ2v) is 24.4. The molecule has 2 aliphatic rings. The van der Waals surface area contributed by atoms with Gasteiger partial charge in [-0.25, -0.2) is 0 Å². The van der Waals surface area contributed by atoms with Crippen molar-refractivity contribution >= 4 is 15.8 Å². The van der Waals surface area contributed by atoms with Gasteiger partial charge in [0.05, 0.1) is 0 Å². The van der Waals surface area contributed by atoms with Crippen LogP contribution in [0.15, 0.2) is 72.8 Å². The van der Waals surface area contributed by atoms with Crippen molar-refractivity contribution in [3.8, 4) is 0 Å². The fraction of sp³-hybridized carbons (Fsp3) is 0.591. The van der Waals surface area contributed by atoms with Crippen LogP contribution in [0.25, 0.3) is 0 Å². The summed E-state index contributed by atoms with van der Waals surface area (Å²) in [7, 11) is -0.463. The average Bonchev–Trinajstić information content (AvgIpc) is 3.06. The molecule has 2 fully saturated rings. The molecule has 0 amide bonds. The van der Waals surface area contributed by atoms with Crippen LogP contribution in [0.3, 0.4) is 0 Å². The Balaban J connectivity index is 1.75. The smallest absolute Gasteiger partial charge is 0.0149 e. The highest BCUT2D eigenvalue weighted by Crippen LogP contribution is 2.62. The van der Waals surface area contributed by atoms with Gasteiger partial charge >= 0.3 is 0 Å². The van der Waals surface area contributed by atoms with E-state index in [9.17, 15) is 0 Å². The first-order valence-electron chi connectivity index (χ1n) is 18.8. The Hall–Kier alpha value is -1.56. The van der Waals surface area contributed by atoms with E-state index in [0.717, 1.165) is 11.3 Å². The summed E-state index contributed by atoms with van der Waals surface area (Å²) in [6.07, 6.45) is 7.88. The van der Waals surface area contributed by atoms with Crippen molar-refractivity contribution in [3.05, 3.63) is 106 Å². The predicted molar refractivity (Wildman–Crippen MR) is 216 cm³/mol. The van der Waals surface area contributed by atoms with Crippen molar-refractivity contribution in [1.82, 2.24) is 10.6 Å². The molecule has 0 radical (unpaired) electrons. The van der Waals surface area contributed by atoms with Crippen LogP contribution in [0, 0.1) is 0 Å². The zero-order valence-corrected chi connectivity index (χ0v) is 33.8. The van der Waals surface area contributed by atoms with Crippen molar-refractivity contribution in [2.75, 3.05) is 26.2 Å². The lowest BCUT2D eigenvalue weighted by atomic mass is 9.67. The number of hydrogen-bond acceptors (Lipinski definition) is 2. The van der Waals surface area contributed by atoms with Crippen LogP contribution in [0.4, 0.5) is 0 Å². The van der Waals surface area contributed by atoms with Gasteiger partial charge in [0.1, 0.15) is 0 Å². The van der Waals surface area contributed by atoms with Crippen LogP contribution >= 0.6 is 15.8 Å². The largest absolute Gasteiger partial charge is 0.316 e. The van der Waals surface area contributed by atoms with Gasteiger partial charge in [0.25, 0.3) is 0 Å². The summed E-state index contributed by atoms with van der Waals surface area (Å²) in [5.41, 5.74) is 10.5. The number of nitrogens with one attached hydrogen (secondary N) is 2. The summed E-state index contributed by atoms with van der Waals surface area (Å²) in [5, 5.41) is 8.20. The number of piperidine rings is 2. The van der Waals surface area contributed by atoms with Crippen molar-refractivity contribution in [2.45, 2.75) is 140 Å². The normalized spacial score (nSPS) is 20.6. The molecule has 3 aromatic carbocycles. The number of rotatable bonds is 10. The Bertz CT molecular complexity index is 1420. The van der Waals surface area contributed by atoms with Crippen LogP contribution in [0.1, 0.15) is 128 Å². The first-order valence-corrected chi connectivity index (χ1v) is 22.0. The predicted octanol–water partition coefficient (Wildman–Crippen LogP) is 11.4. The van der Waals surface area contributed by atoms with Crippen molar-refractivity contribution in [1.29, 1.82) is 0 Å². The van der Waals surface area contributed by atoms with Crippen LogP contribution < -0.4 is 10.6 Å². The molecule has 0 spiro atoms. The zero-order chi connectivity index (χ0) is 34.7. The molecule has 48 heavy (non-hydrogen) atoms. The van der Waals surface area contributed by atoms with Crippen molar-refractivity contribution in [3.63, 3.8) is 0 Å². The van der Waals surface area contributed by atoms with E-state index in [2.05, 4.69) is 153 Å². The van der Waals surface area contributed by atoms with E-state index in [1.54, 1.807) is 11.1 Å². The molecule has 0 aromatic heterocycles. The Morgan fingerprint density at radius 3 is 1.31 bits per heavy atom.